The van der Waals surface area contributed by atoms with Gasteiger partial charge in [0.2, 0.25) is 5.91 Å². The number of amides is 1. The molecule has 1 aromatic heterocycles. The van der Waals surface area contributed by atoms with Gasteiger partial charge in [0.15, 0.2) is 5.82 Å². The maximum absolute atomic E-state index is 11.9. The number of hydrogen-bond acceptors (Lipinski definition) is 4. The van der Waals surface area contributed by atoms with Gasteiger partial charge >= 0.3 is 0 Å². The van der Waals surface area contributed by atoms with Crippen molar-refractivity contribution < 1.29 is 4.79 Å². The molecule has 1 N–H and O–H groups in total. The molecule has 6 heteroatoms. The average Bonchev–Trinajstić information content (AvgIpc) is 3.24. The van der Waals surface area contributed by atoms with Crippen molar-refractivity contribution >= 4 is 11.6 Å². The van der Waals surface area contributed by atoms with E-state index in [1.165, 1.54) is 0 Å². The molecule has 0 saturated heterocycles. The van der Waals surface area contributed by atoms with Crippen molar-refractivity contribution in [2.75, 3.05) is 5.32 Å². The number of nitrogens with zero attached hydrogens (tertiary/aromatic N) is 4. The van der Waals surface area contributed by atoms with E-state index >= 15 is 0 Å². The summed E-state index contributed by atoms with van der Waals surface area (Å²) in [4.78, 5) is 11.9. The van der Waals surface area contributed by atoms with E-state index in [2.05, 4.69) is 20.8 Å². The standard InChI is InChI=1S/C15H19N5O/c1-3-10(2)15(21)16-12-6-4-11(5-7-12)14-17-18-19-20(14)13-8-9-13/h4-7,10,13H,3,8-9H2,1-2H3,(H,16,21). The zero-order chi connectivity index (χ0) is 14.8. The fourth-order valence-corrected chi connectivity index (χ4v) is 2.10. The minimum atomic E-state index is 0.0202. The first kappa shape index (κ1) is 13.7. The number of nitrogens with one attached hydrogen (secondary N) is 1. The molecule has 3 rings (SSSR count). The van der Waals surface area contributed by atoms with Crippen molar-refractivity contribution in [2.24, 2.45) is 5.92 Å². The van der Waals surface area contributed by atoms with Crippen LogP contribution in [0.5, 0.6) is 0 Å². The van der Waals surface area contributed by atoms with Crippen LogP contribution in [0.25, 0.3) is 11.4 Å². The number of hydrogen-bond donors (Lipinski definition) is 1. The fourth-order valence-electron chi connectivity index (χ4n) is 2.10. The largest absolute Gasteiger partial charge is 0.326 e. The number of carbonyl (C=O) groups is 1. The summed E-state index contributed by atoms with van der Waals surface area (Å²) in [6.07, 6.45) is 3.11. The van der Waals surface area contributed by atoms with Crippen molar-refractivity contribution in [3.05, 3.63) is 24.3 Å². The van der Waals surface area contributed by atoms with Crippen LogP contribution in [0.1, 0.15) is 39.2 Å². The second-order valence-electron chi connectivity index (χ2n) is 5.55. The van der Waals surface area contributed by atoms with Gasteiger partial charge in [0.1, 0.15) is 0 Å². The summed E-state index contributed by atoms with van der Waals surface area (Å²) in [7, 11) is 0. The minimum absolute atomic E-state index is 0.0202. The van der Waals surface area contributed by atoms with Gasteiger partial charge in [0.05, 0.1) is 6.04 Å². The van der Waals surface area contributed by atoms with Crippen LogP contribution in [0.3, 0.4) is 0 Å². The fraction of sp³-hybridized carbons (Fsp3) is 0.467. The lowest BCUT2D eigenvalue weighted by Gasteiger charge is -2.10. The lowest BCUT2D eigenvalue weighted by Crippen LogP contribution is -2.19. The van der Waals surface area contributed by atoms with Gasteiger partial charge in [-0.1, -0.05) is 13.8 Å². The van der Waals surface area contributed by atoms with Crippen molar-refractivity contribution in [3.63, 3.8) is 0 Å². The van der Waals surface area contributed by atoms with E-state index in [-0.39, 0.29) is 11.8 Å². The van der Waals surface area contributed by atoms with Crippen LogP contribution >= 0.6 is 0 Å². The van der Waals surface area contributed by atoms with Gasteiger partial charge in [0, 0.05) is 17.2 Å². The van der Waals surface area contributed by atoms with Crippen LogP contribution in [0.4, 0.5) is 5.69 Å². The number of rotatable bonds is 5. The van der Waals surface area contributed by atoms with Gasteiger partial charge in [-0.15, -0.1) is 5.10 Å². The van der Waals surface area contributed by atoms with E-state index in [1.807, 2.05) is 42.8 Å². The highest BCUT2D eigenvalue weighted by Gasteiger charge is 2.28. The van der Waals surface area contributed by atoms with E-state index in [0.717, 1.165) is 36.3 Å². The molecule has 6 nitrogen and oxygen atoms in total. The summed E-state index contributed by atoms with van der Waals surface area (Å²) in [5.74, 6) is 0.859. The molecule has 0 spiro atoms. The molecule has 1 heterocycles. The highest BCUT2D eigenvalue weighted by atomic mass is 16.1. The monoisotopic (exact) mass is 285 g/mol. The van der Waals surface area contributed by atoms with Gasteiger partial charge in [-0.2, -0.15) is 0 Å². The van der Waals surface area contributed by atoms with Crippen molar-refractivity contribution in [2.45, 2.75) is 39.2 Å². The van der Waals surface area contributed by atoms with Gasteiger partial charge in [-0.3, -0.25) is 4.79 Å². The van der Waals surface area contributed by atoms with E-state index in [1.54, 1.807) is 0 Å². The van der Waals surface area contributed by atoms with E-state index in [0.29, 0.717) is 6.04 Å². The summed E-state index contributed by atoms with van der Waals surface area (Å²) in [6.45, 7) is 3.93. The summed E-state index contributed by atoms with van der Waals surface area (Å²) < 4.78 is 1.88. The molecule has 1 fully saturated rings. The number of benzene rings is 1. The Bertz CT molecular complexity index is 630. The lowest BCUT2D eigenvalue weighted by molar-refractivity contribution is -0.119. The van der Waals surface area contributed by atoms with E-state index in [9.17, 15) is 4.79 Å². The minimum Gasteiger partial charge on any atom is -0.326 e. The van der Waals surface area contributed by atoms with Gasteiger partial charge < -0.3 is 5.32 Å². The van der Waals surface area contributed by atoms with Crippen LogP contribution in [-0.4, -0.2) is 26.1 Å². The normalized spacial score (nSPS) is 15.7. The van der Waals surface area contributed by atoms with Crippen molar-refractivity contribution in [1.29, 1.82) is 0 Å². The number of anilines is 1. The van der Waals surface area contributed by atoms with Crippen molar-refractivity contribution in [1.82, 2.24) is 20.2 Å². The Hall–Kier alpha value is -2.24. The molecule has 21 heavy (non-hydrogen) atoms. The maximum Gasteiger partial charge on any atom is 0.227 e. The van der Waals surface area contributed by atoms with Crippen molar-refractivity contribution in [3.8, 4) is 11.4 Å². The molecule has 110 valence electrons. The van der Waals surface area contributed by atoms with Crippen LogP contribution in [0.2, 0.25) is 0 Å². The second-order valence-corrected chi connectivity index (χ2v) is 5.55. The Balaban J connectivity index is 1.75. The lowest BCUT2D eigenvalue weighted by atomic mass is 10.1. The van der Waals surface area contributed by atoms with Gasteiger partial charge in [-0.25, -0.2) is 4.68 Å². The summed E-state index contributed by atoms with van der Waals surface area (Å²) in [5, 5.41) is 14.8. The molecular weight excluding hydrogens is 266 g/mol. The van der Waals surface area contributed by atoms with Gasteiger partial charge in [0.25, 0.3) is 0 Å². The molecule has 1 aromatic carbocycles. The molecule has 1 amide bonds. The molecule has 1 atom stereocenters. The molecule has 0 aliphatic heterocycles. The van der Waals surface area contributed by atoms with E-state index < -0.39 is 0 Å². The predicted octanol–water partition coefficient (Wildman–Crippen LogP) is 2.66. The zero-order valence-corrected chi connectivity index (χ0v) is 12.3. The van der Waals surface area contributed by atoms with Crippen LogP contribution in [0, 0.1) is 5.92 Å². The smallest absolute Gasteiger partial charge is 0.227 e. The molecule has 1 saturated carbocycles. The number of tetrazole rings is 1. The first-order valence-corrected chi connectivity index (χ1v) is 7.38. The molecule has 0 bridgehead atoms. The Labute approximate surface area is 123 Å². The van der Waals surface area contributed by atoms with E-state index in [4.69, 9.17) is 0 Å². The SMILES string of the molecule is CCC(C)C(=O)Nc1ccc(-c2nnnn2C2CC2)cc1. The quantitative estimate of drug-likeness (QED) is 0.916. The Kier molecular flexibility index (Phi) is 3.68. The molecule has 1 aliphatic carbocycles. The number of aromatic nitrogens is 4. The van der Waals surface area contributed by atoms with Crippen LogP contribution < -0.4 is 5.32 Å². The molecule has 2 aromatic rings. The van der Waals surface area contributed by atoms with Crippen LogP contribution in [-0.2, 0) is 4.79 Å². The molecule has 1 unspecified atom stereocenters. The number of carbonyl (C=O) groups excluding carboxylic acids is 1. The predicted molar refractivity (Wildman–Crippen MR) is 79.6 cm³/mol. The van der Waals surface area contributed by atoms with Crippen LogP contribution in [0.15, 0.2) is 24.3 Å². The Morgan fingerprint density at radius 3 is 2.71 bits per heavy atom. The summed E-state index contributed by atoms with van der Waals surface area (Å²) >= 11 is 0. The highest BCUT2D eigenvalue weighted by molar-refractivity contribution is 5.92. The topological polar surface area (TPSA) is 72.7 Å². The summed E-state index contributed by atoms with van der Waals surface area (Å²) in [5.41, 5.74) is 1.77. The highest BCUT2D eigenvalue weighted by Crippen LogP contribution is 2.36. The Morgan fingerprint density at radius 1 is 1.38 bits per heavy atom. The zero-order valence-electron chi connectivity index (χ0n) is 12.3. The third-order valence-electron chi connectivity index (χ3n) is 3.86. The average molecular weight is 285 g/mol. The summed E-state index contributed by atoms with van der Waals surface area (Å²) in [6, 6.07) is 8.11. The third kappa shape index (κ3) is 2.94. The first-order valence-electron chi connectivity index (χ1n) is 7.38. The second kappa shape index (κ2) is 5.63. The molecular formula is C15H19N5O. The van der Waals surface area contributed by atoms with Gasteiger partial charge in [-0.05, 0) is 54.0 Å². The first-order chi connectivity index (χ1) is 10.2. The molecule has 0 radical (unpaired) electrons. The third-order valence-corrected chi connectivity index (χ3v) is 3.86. The maximum atomic E-state index is 11.9. The Morgan fingerprint density at radius 2 is 2.10 bits per heavy atom. The molecule has 1 aliphatic rings.